The maximum atomic E-state index is 10.1. The normalized spacial score (nSPS) is 30.7. The number of nitrogens with zero attached hydrogens (tertiary/aromatic N) is 3. The first-order chi connectivity index (χ1) is 10.8. The van der Waals surface area contributed by atoms with Crippen LogP contribution in [0.4, 0.5) is 0 Å². The highest BCUT2D eigenvalue weighted by Gasteiger charge is 2.59. The van der Waals surface area contributed by atoms with Crippen LogP contribution in [0.15, 0.2) is 16.4 Å². The highest BCUT2D eigenvalue weighted by Crippen LogP contribution is 2.63. The zero-order valence-electron chi connectivity index (χ0n) is 14.3. The van der Waals surface area contributed by atoms with Gasteiger partial charge in [0.2, 0.25) is 0 Å². The number of hydrogen-bond acceptors (Lipinski definition) is 5. The maximum absolute atomic E-state index is 10.1. The SMILES string of the molecule is Cc1ncc(CO)c(/C=N/N=C2/C[C@H]3CC[C@]2(C)C3(C)C)c1O. The number of fused-ring (bicyclic) bond motifs is 2. The number of pyridine rings is 1. The van der Waals surface area contributed by atoms with E-state index in [0.717, 1.165) is 12.1 Å². The Hall–Kier alpha value is -1.75. The van der Waals surface area contributed by atoms with E-state index in [1.54, 1.807) is 13.1 Å². The van der Waals surface area contributed by atoms with Crippen LogP contribution < -0.4 is 0 Å². The maximum Gasteiger partial charge on any atom is 0.145 e. The molecule has 2 aliphatic carbocycles. The molecular formula is C18H25N3O2. The van der Waals surface area contributed by atoms with Crippen LogP contribution in [0.2, 0.25) is 0 Å². The third-order valence-corrected chi connectivity index (χ3v) is 6.41. The van der Waals surface area contributed by atoms with E-state index >= 15 is 0 Å². The molecule has 2 bridgehead atoms. The largest absolute Gasteiger partial charge is 0.505 e. The predicted octanol–water partition coefficient (Wildman–Crippen LogP) is 3.21. The Bertz CT molecular complexity index is 694. The minimum Gasteiger partial charge on any atom is -0.505 e. The molecule has 1 heterocycles. The Kier molecular flexibility index (Phi) is 3.79. The summed E-state index contributed by atoms with van der Waals surface area (Å²) in [6.45, 7) is 8.49. The summed E-state index contributed by atoms with van der Waals surface area (Å²) < 4.78 is 0. The first-order valence-electron chi connectivity index (χ1n) is 8.20. The molecule has 0 aromatic carbocycles. The van der Waals surface area contributed by atoms with Gasteiger partial charge in [0.25, 0.3) is 0 Å². The molecule has 0 aliphatic heterocycles. The summed E-state index contributed by atoms with van der Waals surface area (Å²) in [5, 5.41) is 28.2. The van der Waals surface area contributed by atoms with E-state index in [1.807, 2.05) is 0 Å². The second-order valence-corrected chi connectivity index (χ2v) is 7.57. The van der Waals surface area contributed by atoms with Gasteiger partial charge >= 0.3 is 0 Å². The second-order valence-electron chi connectivity index (χ2n) is 7.57. The number of hydrogen-bond donors (Lipinski definition) is 2. The number of aliphatic hydroxyl groups is 1. The van der Waals surface area contributed by atoms with Crippen molar-refractivity contribution in [3.8, 4) is 5.75 Å². The number of aromatic nitrogens is 1. The van der Waals surface area contributed by atoms with Gasteiger partial charge in [-0.15, -0.1) is 0 Å². The molecule has 124 valence electrons. The van der Waals surface area contributed by atoms with Crippen molar-refractivity contribution in [3.05, 3.63) is 23.0 Å². The van der Waals surface area contributed by atoms with Gasteiger partial charge in [-0.3, -0.25) is 4.98 Å². The standard InChI is InChI=1S/C18H25N3O2/c1-11-16(23)14(12(10-22)8-19-11)9-20-21-15-7-13-5-6-18(15,4)17(13,2)3/h8-9,13,22-23H,5-7,10H2,1-4H3/b20-9+,21-15-/t13-,18+/m1/s1. The Balaban J connectivity index is 1.90. The number of aryl methyl sites for hydroxylation is 1. The van der Waals surface area contributed by atoms with Crippen LogP contribution in [0.25, 0.3) is 0 Å². The fraction of sp³-hybridized carbons (Fsp3) is 0.611. The van der Waals surface area contributed by atoms with Crippen LogP contribution in [0.5, 0.6) is 5.75 Å². The third kappa shape index (κ3) is 2.29. The minimum atomic E-state index is -0.189. The van der Waals surface area contributed by atoms with Gasteiger partial charge in [-0.25, -0.2) is 0 Å². The Labute approximate surface area is 137 Å². The van der Waals surface area contributed by atoms with Gasteiger partial charge < -0.3 is 10.2 Å². The summed E-state index contributed by atoms with van der Waals surface area (Å²) in [7, 11) is 0. The molecule has 2 N–H and O–H groups in total. The molecule has 0 amide bonds. The van der Waals surface area contributed by atoms with Crippen LogP contribution in [0.3, 0.4) is 0 Å². The fourth-order valence-electron chi connectivity index (χ4n) is 4.16. The van der Waals surface area contributed by atoms with Crippen molar-refractivity contribution < 1.29 is 10.2 Å². The molecule has 1 aromatic heterocycles. The summed E-state index contributed by atoms with van der Waals surface area (Å²) in [6, 6.07) is 0. The fourth-order valence-corrected chi connectivity index (χ4v) is 4.16. The van der Waals surface area contributed by atoms with E-state index in [0.29, 0.717) is 22.7 Å². The van der Waals surface area contributed by atoms with E-state index in [-0.39, 0.29) is 23.2 Å². The van der Waals surface area contributed by atoms with Crippen molar-refractivity contribution in [2.45, 2.75) is 53.6 Å². The molecule has 5 heteroatoms. The molecule has 2 aliphatic rings. The molecule has 3 rings (SSSR count). The lowest BCUT2D eigenvalue weighted by molar-refractivity contribution is 0.194. The van der Waals surface area contributed by atoms with Gasteiger partial charge in [0, 0.05) is 28.5 Å². The van der Waals surface area contributed by atoms with Crippen LogP contribution in [-0.2, 0) is 6.61 Å². The summed E-state index contributed by atoms with van der Waals surface area (Å²) in [5.41, 5.74) is 3.11. The molecule has 2 atom stereocenters. The van der Waals surface area contributed by atoms with Gasteiger partial charge in [-0.2, -0.15) is 10.2 Å². The number of rotatable bonds is 3. The summed E-state index contributed by atoms with van der Waals surface area (Å²) >= 11 is 0. The molecule has 0 saturated heterocycles. The first kappa shape index (κ1) is 16.1. The first-order valence-corrected chi connectivity index (χ1v) is 8.20. The van der Waals surface area contributed by atoms with E-state index in [4.69, 9.17) is 0 Å². The van der Waals surface area contributed by atoms with Crippen molar-refractivity contribution in [2.24, 2.45) is 27.0 Å². The van der Waals surface area contributed by atoms with Crippen LogP contribution in [0, 0.1) is 23.7 Å². The van der Waals surface area contributed by atoms with Gasteiger partial charge in [0.1, 0.15) is 5.75 Å². The van der Waals surface area contributed by atoms with Crippen LogP contribution in [-0.4, -0.2) is 27.1 Å². The van der Waals surface area contributed by atoms with Crippen molar-refractivity contribution >= 4 is 11.9 Å². The molecule has 2 fully saturated rings. The highest BCUT2D eigenvalue weighted by atomic mass is 16.3. The van der Waals surface area contributed by atoms with Gasteiger partial charge in [-0.1, -0.05) is 20.8 Å². The zero-order valence-corrected chi connectivity index (χ0v) is 14.3. The molecule has 0 unspecified atom stereocenters. The molecule has 0 spiro atoms. The van der Waals surface area contributed by atoms with Crippen LogP contribution >= 0.6 is 0 Å². The van der Waals surface area contributed by atoms with E-state index in [9.17, 15) is 10.2 Å². The molecule has 2 saturated carbocycles. The minimum absolute atomic E-state index is 0.0555. The molecule has 0 radical (unpaired) electrons. The third-order valence-electron chi connectivity index (χ3n) is 6.41. The van der Waals surface area contributed by atoms with Crippen molar-refractivity contribution in [3.63, 3.8) is 0 Å². The highest BCUT2D eigenvalue weighted by molar-refractivity contribution is 5.95. The van der Waals surface area contributed by atoms with Crippen molar-refractivity contribution in [2.75, 3.05) is 0 Å². The summed E-state index contributed by atoms with van der Waals surface area (Å²) in [4.78, 5) is 4.05. The zero-order chi connectivity index (χ0) is 16.8. The monoisotopic (exact) mass is 315 g/mol. The smallest absolute Gasteiger partial charge is 0.145 e. The topological polar surface area (TPSA) is 78.1 Å². The lowest BCUT2D eigenvalue weighted by Gasteiger charge is -2.34. The predicted molar refractivity (Wildman–Crippen MR) is 90.8 cm³/mol. The molecular weight excluding hydrogens is 290 g/mol. The number of aromatic hydroxyl groups is 1. The molecule has 23 heavy (non-hydrogen) atoms. The van der Waals surface area contributed by atoms with Gasteiger partial charge in [0.05, 0.1) is 18.5 Å². The Morgan fingerprint density at radius 3 is 2.70 bits per heavy atom. The summed E-state index contributed by atoms with van der Waals surface area (Å²) in [6.07, 6.45) is 6.54. The quantitative estimate of drug-likeness (QED) is 0.664. The van der Waals surface area contributed by atoms with Gasteiger partial charge in [0.15, 0.2) is 0 Å². The lowest BCUT2D eigenvalue weighted by Crippen LogP contribution is -2.32. The van der Waals surface area contributed by atoms with Crippen molar-refractivity contribution in [1.82, 2.24) is 4.98 Å². The second kappa shape index (κ2) is 5.41. The van der Waals surface area contributed by atoms with E-state index in [2.05, 4.69) is 36.0 Å². The average molecular weight is 315 g/mol. The van der Waals surface area contributed by atoms with E-state index < -0.39 is 0 Å². The molecule has 5 nitrogen and oxygen atoms in total. The summed E-state index contributed by atoms with van der Waals surface area (Å²) in [5.74, 6) is 0.742. The lowest BCUT2D eigenvalue weighted by atomic mass is 9.70. The van der Waals surface area contributed by atoms with Gasteiger partial charge in [-0.05, 0) is 37.5 Å². The van der Waals surface area contributed by atoms with E-state index in [1.165, 1.54) is 19.1 Å². The molecule has 1 aromatic rings. The average Bonchev–Trinajstić information content (AvgIpc) is 2.85. The van der Waals surface area contributed by atoms with Crippen molar-refractivity contribution in [1.29, 1.82) is 0 Å². The Morgan fingerprint density at radius 1 is 1.39 bits per heavy atom. The number of aliphatic hydroxyl groups excluding tert-OH is 1. The van der Waals surface area contributed by atoms with Crippen LogP contribution in [0.1, 0.15) is 56.9 Å². The Morgan fingerprint density at radius 2 is 2.13 bits per heavy atom.